The molecule has 0 aliphatic carbocycles. The van der Waals surface area contributed by atoms with Crippen molar-refractivity contribution in [2.45, 2.75) is 32.8 Å². The predicted octanol–water partition coefficient (Wildman–Crippen LogP) is 5.36. The molecule has 2 heterocycles. The van der Waals surface area contributed by atoms with E-state index in [-0.39, 0.29) is 35.3 Å². The Morgan fingerprint density at radius 2 is 2.14 bits per heavy atom. The number of thioether (sulfide) groups is 1. The first-order chi connectivity index (χ1) is 17.2. The number of hydrogen-bond acceptors (Lipinski definition) is 7. The molecule has 0 bridgehead atoms. The summed E-state index contributed by atoms with van der Waals surface area (Å²) in [6.07, 6.45) is 3.66. The van der Waals surface area contributed by atoms with Gasteiger partial charge in [-0.05, 0) is 62.1 Å². The Morgan fingerprint density at radius 3 is 2.83 bits per heavy atom. The minimum atomic E-state index is -0.320. The van der Waals surface area contributed by atoms with Crippen molar-refractivity contribution in [3.05, 3.63) is 56.9 Å². The fraction of sp³-hybridized carbons (Fsp3) is 0.346. The van der Waals surface area contributed by atoms with Gasteiger partial charge in [-0.1, -0.05) is 53.3 Å². The number of thiocarbonyl (C=S) groups is 1. The lowest BCUT2D eigenvalue weighted by Gasteiger charge is -2.18. The van der Waals surface area contributed by atoms with Crippen LogP contribution in [-0.4, -0.2) is 54.0 Å². The molecule has 2 amide bonds. The molecule has 7 nitrogen and oxygen atoms in total. The summed E-state index contributed by atoms with van der Waals surface area (Å²) >= 11 is 13.2. The number of carbonyl (C=O) groups excluding carboxylic acids is 2. The van der Waals surface area contributed by atoms with E-state index in [1.54, 1.807) is 23.1 Å². The van der Waals surface area contributed by atoms with Crippen LogP contribution in [0.1, 0.15) is 29.5 Å². The summed E-state index contributed by atoms with van der Waals surface area (Å²) < 4.78 is 17.3. The smallest absolute Gasteiger partial charge is 0.266 e. The molecule has 2 aliphatic heterocycles. The van der Waals surface area contributed by atoms with Crippen LogP contribution in [0.3, 0.4) is 0 Å². The van der Waals surface area contributed by atoms with Crippen LogP contribution < -0.4 is 14.8 Å². The Hall–Kier alpha value is -2.59. The van der Waals surface area contributed by atoms with Crippen LogP contribution in [-0.2, 0) is 14.3 Å². The minimum Gasteiger partial charge on any atom is -0.493 e. The third-order valence-corrected chi connectivity index (χ3v) is 7.50. The molecule has 0 saturated carbocycles. The predicted molar refractivity (Wildman–Crippen MR) is 147 cm³/mol. The van der Waals surface area contributed by atoms with Crippen molar-refractivity contribution in [3.63, 3.8) is 0 Å². The number of amides is 2. The van der Waals surface area contributed by atoms with Crippen molar-refractivity contribution in [1.29, 1.82) is 0 Å². The second kappa shape index (κ2) is 11.6. The zero-order chi connectivity index (χ0) is 25.8. The lowest BCUT2D eigenvalue weighted by molar-refractivity contribution is -0.123. The average Bonchev–Trinajstić information content (AvgIpc) is 3.44. The van der Waals surface area contributed by atoms with Gasteiger partial charge in [0.15, 0.2) is 18.1 Å². The first kappa shape index (κ1) is 26.5. The number of hydrogen-bond donors (Lipinski definition) is 1. The minimum absolute atomic E-state index is 0.0185. The number of nitrogens with zero attached hydrogens (tertiary/aromatic N) is 1. The lowest BCUT2D eigenvalue weighted by atomic mass is 10.1. The van der Waals surface area contributed by atoms with Gasteiger partial charge in [0.1, 0.15) is 4.32 Å². The summed E-state index contributed by atoms with van der Waals surface area (Å²) in [5.74, 6) is 0.124. The molecule has 1 atom stereocenters. The topological polar surface area (TPSA) is 77.1 Å². The third kappa shape index (κ3) is 6.21. The molecule has 0 unspecified atom stereocenters. The molecule has 2 fully saturated rings. The highest BCUT2D eigenvalue weighted by Crippen LogP contribution is 2.39. The molecule has 190 valence electrons. The standard InChI is InChI=1S/C26H27ClN2O5S2/c1-15-6-7-20(16(2)9-15)28-23(30)14-34-24-19(27)10-17(11-21(24)32-3)12-22-25(31)29(26(35)36-22)13-18-5-4-8-33-18/h6-7,9-12,18H,4-5,8,13-14H2,1-3H3,(H,28,30)/b22-12-/t18-/m0/s1. The van der Waals surface area contributed by atoms with E-state index < -0.39 is 0 Å². The van der Waals surface area contributed by atoms with Crippen LogP contribution >= 0.6 is 35.6 Å². The van der Waals surface area contributed by atoms with Gasteiger partial charge >= 0.3 is 0 Å². The molecule has 2 aromatic rings. The Balaban J connectivity index is 1.44. The zero-order valence-electron chi connectivity index (χ0n) is 20.3. The van der Waals surface area contributed by atoms with Gasteiger partial charge in [-0.3, -0.25) is 14.5 Å². The maximum absolute atomic E-state index is 12.9. The highest BCUT2D eigenvalue weighted by molar-refractivity contribution is 8.26. The van der Waals surface area contributed by atoms with Gasteiger partial charge < -0.3 is 19.5 Å². The molecule has 0 aromatic heterocycles. The van der Waals surface area contributed by atoms with Crippen molar-refractivity contribution in [1.82, 2.24) is 4.90 Å². The number of methoxy groups -OCH3 is 1. The molecular formula is C26H27ClN2O5S2. The maximum atomic E-state index is 12.9. The van der Waals surface area contributed by atoms with Gasteiger partial charge in [-0.2, -0.15) is 0 Å². The van der Waals surface area contributed by atoms with Gasteiger partial charge in [0.2, 0.25) is 0 Å². The van der Waals surface area contributed by atoms with E-state index in [2.05, 4.69) is 5.32 Å². The molecule has 4 rings (SSSR count). The molecule has 2 aliphatic rings. The van der Waals surface area contributed by atoms with E-state index in [9.17, 15) is 9.59 Å². The first-order valence-corrected chi connectivity index (χ1v) is 13.1. The largest absolute Gasteiger partial charge is 0.493 e. The molecule has 10 heteroatoms. The van der Waals surface area contributed by atoms with E-state index in [4.69, 9.17) is 38.0 Å². The van der Waals surface area contributed by atoms with Crippen molar-refractivity contribution < 1.29 is 23.8 Å². The van der Waals surface area contributed by atoms with Crippen molar-refractivity contribution >= 4 is 63.5 Å². The quantitative estimate of drug-likeness (QED) is 0.352. The second-order valence-corrected chi connectivity index (χ2v) is 10.7. The third-order valence-electron chi connectivity index (χ3n) is 5.84. The molecule has 2 saturated heterocycles. The Bertz CT molecular complexity index is 1230. The van der Waals surface area contributed by atoms with Gasteiger partial charge in [0.25, 0.3) is 11.8 Å². The summed E-state index contributed by atoms with van der Waals surface area (Å²) in [6.45, 7) is 4.86. The second-order valence-electron chi connectivity index (χ2n) is 8.62. The molecule has 2 aromatic carbocycles. The van der Waals surface area contributed by atoms with Crippen LogP contribution in [0.4, 0.5) is 5.69 Å². The van der Waals surface area contributed by atoms with Crippen molar-refractivity contribution in [3.8, 4) is 11.5 Å². The van der Waals surface area contributed by atoms with Gasteiger partial charge in [-0.25, -0.2) is 0 Å². The Morgan fingerprint density at radius 1 is 1.33 bits per heavy atom. The van der Waals surface area contributed by atoms with E-state index in [1.807, 2.05) is 32.0 Å². The number of nitrogens with one attached hydrogen (secondary N) is 1. The number of benzene rings is 2. The first-order valence-electron chi connectivity index (χ1n) is 11.5. The van der Waals surface area contributed by atoms with Crippen molar-refractivity contribution in [2.75, 3.05) is 32.2 Å². The Kier molecular flexibility index (Phi) is 8.56. The van der Waals surface area contributed by atoms with E-state index in [1.165, 1.54) is 18.9 Å². The fourth-order valence-electron chi connectivity index (χ4n) is 4.04. The number of ether oxygens (including phenoxy) is 3. The van der Waals surface area contributed by atoms with Crippen LogP contribution in [0.2, 0.25) is 5.02 Å². The lowest BCUT2D eigenvalue weighted by Crippen LogP contribution is -2.35. The number of halogens is 1. The maximum Gasteiger partial charge on any atom is 0.266 e. The molecule has 1 N–H and O–H groups in total. The van der Waals surface area contributed by atoms with Gasteiger partial charge in [0, 0.05) is 12.3 Å². The van der Waals surface area contributed by atoms with E-state index in [0.29, 0.717) is 27.1 Å². The summed E-state index contributed by atoms with van der Waals surface area (Å²) in [4.78, 5) is 27.5. The molecule has 36 heavy (non-hydrogen) atoms. The van der Waals surface area contributed by atoms with E-state index in [0.717, 1.165) is 36.3 Å². The normalized spacial score (nSPS) is 18.7. The summed E-state index contributed by atoms with van der Waals surface area (Å²) in [5, 5.41) is 3.10. The van der Waals surface area contributed by atoms with Gasteiger partial charge in [0.05, 0.1) is 29.7 Å². The number of carbonyl (C=O) groups is 2. The molecule has 0 radical (unpaired) electrons. The van der Waals surface area contributed by atoms with Crippen LogP contribution in [0.25, 0.3) is 6.08 Å². The van der Waals surface area contributed by atoms with Crippen LogP contribution in [0, 0.1) is 13.8 Å². The van der Waals surface area contributed by atoms with E-state index >= 15 is 0 Å². The molecular weight excluding hydrogens is 520 g/mol. The number of rotatable bonds is 8. The van der Waals surface area contributed by atoms with Crippen molar-refractivity contribution in [2.24, 2.45) is 0 Å². The summed E-state index contributed by atoms with van der Waals surface area (Å²) in [7, 11) is 1.49. The summed E-state index contributed by atoms with van der Waals surface area (Å²) in [5.41, 5.74) is 3.45. The summed E-state index contributed by atoms with van der Waals surface area (Å²) in [6, 6.07) is 9.14. The molecule has 0 spiro atoms. The fourth-order valence-corrected chi connectivity index (χ4v) is 5.59. The highest BCUT2D eigenvalue weighted by atomic mass is 35.5. The zero-order valence-corrected chi connectivity index (χ0v) is 22.6. The number of aryl methyl sites for hydroxylation is 2. The monoisotopic (exact) mass is 546 g/mol. The number of anilines is 1. The highest BCUT2D eigenvalue weighted by Gasteiger charge is 2.34. The Labute approximate surface area is 225 Å². The SMILES string of the molecule is COc1cc(/C=C2\SC(=S)N(C[C@@H]3CCCO3)C2=O)cc(Cl)c1OCC(=O)Nc1ccc(C)cc1C. The van der Waals surface area contributed by atoms with Crippen LogP contribution in [0.15, 0.2) is 35.2 Å². The van der Waals surface area contributed by atoms with Crippen LogP contribution in [0.5, 0.6) is 11.5 Å². The average molecular weight is 547 g/mol. The van der Waals surface area contributed by atoms with Gasteiger partial charge in [-0.15, -0.1) is 0 Å².